The third-order valence-corrected chi connectivity index (χ3v) is 4.27. The molecule has 0 saturated heterocycles. The summed E-state index contributed by atoms with van der Waals surface area (Å²) >= 11 is 6.96. The van der Waals surface area contributed by atoms with Gasteiger partial charge in [-0.15, -0.1) is 11.8 Å². The van der Waals surface area contributed by atoms with Crippen LogP contribution in [0.5, 0.6) is 0 Å². The minimum absolute atomic E-state index is 0.0459. The largest absolute Gasteiger partial charge is 0.868 e. The number of thioether (sulfide) groups is 1. The number of rotatable bonds is 4. The van der Waals surface area contributed by atoms with E-state index in [1.807, 2.05) is 73.3 Å². The molecule has 0 aliphatic rings. The Kier molecular flexibility index (Phi) is 5.53. The van der Waals surface area contributed by atoms with Gasteiger partial charge in [0.2, 0.25) is 5.70 Å². The fourth-order valence-corrected chi connectivity index (χ4v) is 3.04. The van der Waals surface area contributed by atoms with Crippen LogP contribution in [0.2, 0.25) is 0 Å². The van der Waals surface area contributed by atoms with Crippen molar-refractivity contribution in [1.82, 2.24) is 0 Å². The number of benzene rings is 1. The molecule has 4 heteroatoms. The fourth-order valence-electron chi connectivity index (χ4n) is 1.89. The van der Waals surface area contributed by atoms with Gasteiger partial charge in [0.1, 0.15) is 4.20 Å². The molecular weight excluding hydrogens is 298 g/mol. The first-order chi connectivity index (χ1) is 10.1. The predicted molar refractivity (Wildman–Crippen MR) is 91.7 cm³/mol. The van der Waals surface area contributed by atoms with Gasteiger partial charge in [-0.2, -0.15) is 4.57 Å². The summed E-state index contributed by atoms with van der Waals surface area (Å²) in [5.74, 6) is 0.798. The van der Waals surface area contributed by atoms with Gasteiger partial charge in [0.05, 0.1) is 0 Å². The summed E-state index contributed by atoms with van der Waals surface area (Å²) in [5, 5.41) is 12.8. The highest BCUT2D eigenvalue weighted by atomic mass is 32.2. The molecule has 2 aromatic rings. The summed E-state index contributed by atoms with van der Waals surface area (Å²) in [7, 11) is 0. The molecule has 0 atom stereocenters. The van der Waals surface area contributed by atoms with E-state index < -0.39 is 0 Å². The molecule has 0 saturated carbocycles. The second-order valence-corrected chi connectivity index (χ2v) is 6.49. The summed E-state index contributed by atoms with van der Waals surface area (Å²) in [4.78, 5) is 0. The maximum Gasteiger partial charge on any atom is 0.228 e. The van der Waals surface area contributed by atoms with Crippen LogP contribution in [0.4, 0.5) is 0 Å². The maximum absolute atomic E-state index is 12.8. The molecule has 1 aromatic carbocycles. The molecule has 1 heterocycles. The molecule has 0 fully saturated rings. The predicted octanol–water partition coefficient (Wildman–Crippen LogP) is 3.05. The fraction of sp³-hybridized carbons (Fsp3) is 0.176. The van der Waals surface area contributed by atoms with Crippen LogP contribution in [-0.4, -0.2) is 9.95 Å². The standard InChI is InChI=1S/C17H17NOS2/c1-3-21-17(20)15(18-11-9-13(2)10-12-18)16(19)14-7-5-4-6-8-14/h4-12H,3H2,1-2H3. The molecule has 0 spiro atoms. The lowest BCUT2D eigenvalue weighted by Gasteiger charge is -2.15. The Hall–Kier alpha value is -1.65. The number of aromatic nitrogens is 1. The number of aryl methyl sites for hydroxylation is 1. The van der Waals surface area contributed by atoms with Crippen LogP contribution in [0.1, 0.15) is 18.1 Å². The molecule has 0 N–H and O–H groups in total. The summed E-state index contributed by atoms with van der Waals surface area (Å²) in [5.41, 5.74) is 2.34. The summed E-state index contributed by atoms with van der Waals surface area (Å²) < 4.78 is 2.44. The van der Waals surface area contributed by atoms with E-state index in [-0.39, 0.29) is 5.76 Å². The Morgan fingerprint density at radius 3 is 2.33 bits per heavy atom. The molecule has 0 aliphatic carbocycles. The summed E-state index contributed by atoms with van der Waals surface area (Å²) in [6.07, 6.45) is 3.77. The normalized spacial score (nSPS) is 11.9. The van der Waals surface area contributed by atoms with E-state index in [1.165, 1.54) is 11.8 Å². The second-order valence-electron chi connectivity index (χ2n) is 4.55. The van der Waals surface area contributed by atoms with Crippen LogP contribution in [0.25, 0.3) is 11.5 Å². The van der Waals surface area contributed by atoms with E-state index in [0.29, 0.717) is 15.5 Å². The van der Waals surface area contributed by atoms with E-state index in [9.17, 15) is 5.11 Å². The van der Waals surface area contributed by atoms with Crippen molar-refractivity contribution in [2.75, 3.05) is 5.75 Å². The minimum atomic E-state index is -0.0459. The highest BCUT2D eigenvalue weighted by molar-refractivity contribution is 8.24. The van der Waals surface area contributed by atoms with Crippen LogP contribution < -0.4 is 9.67 Å². The molecule has 0 aliphatic heterocycles. The molecule has 0 unspecified atom stereocenters. The zero-order valence-corrected chi connectivity index (χ0v) is 13.7. The molecule has 0 radical (unpaired) electrons. The van der Waals surface area contributed by atoms with Crippen LogP contribution >= 0.6 is 24.0 Å². The number of hydrogen-bond donors (Lipinski definition) is 0. The average molecular weight is 315 g/mol. The van der Waals surface area contributed by atoms with Gasteiger partial charge < -0.3 is 5.11 Å². The molecule has 2 nitrogen and oxygen atoms in total. The number of hydrogen-bond acceptors (Lipinski definition) is 3. The van der Waals surface area contributed by atoms with Gasteiger partial charge in [-0.25, -0.2) is 0 Å². The van der Waals surface area contributed by atoms with Gasteiger partial charge in [0.25, 0.3) is 0 Å². The first-order valence-corrected chi connectivity index (χ1v) is 8.15. The van der Waals surface area contributed by atoms with E-state index >= 15 is 0 Å². The average Bonchev–Trinajstić information content (AvgIpc) is 2.50. The Morgan fingerprint density at radius 2 is 1.76 bits per heavy atom. The van der Waals surface area contributed by atoms with E-state index in [4.69, 9.17) is 12.2 Å². The quantitative estimate of drug-likeness (QED) is 0.375. The summed E-state index contributed by atoms with van der Waals surface area (Å²) in [6, 6.07) is 13.2. The van der Waals surface area contributed by atoms with Gasteiger partial charge in [0, 0.05) is 12.1 Å². The van der Waals surface area contributed by atoms with Crippen molar-refractivity contribution >= 4 is 39.6 Å². The van der Waals surface area contributed by atoms with Crippen LogP contribution in [0.15, 0.2) is 54.9 Å². The van der Waals surface area contributed by atoms with Crippen molar-refractivity contribution in [3.05, 3.63) is 66.0 Å². The monoisotopic (exact) mass is 315 g/mol. The zero-order chi connectivity index (χ0) is 15.2. The van der Waals surface area contributed by atoms with Gasteiger partial charge in [-0.05, 0) is 29.6 Å². The van der Waals surface area contributed by atoms with Crippen LogP contribution in [0, 0.1) is 6.92 Å². The van der Waals surface area contributed by atoms with E-state index in [2.05, 4.69) is 0 Å². The van der Waals surface area contributed by atoms with Crippen molar-refractivity contribution in [3.8, 4) is 0 Å². The lowest BCUT2D eigenvalue weighted by Crippen LogP contribution is -2.37. The first-order valence-electron chi connectivity index (χ1n) is 6.75. The highest BCUT2D eigenvalue weighted by Crippen LogP contribution is 2.20. The van der Waals surface area contributed by atoms with Crippen molar-refractivity contribution in [2.24, 2.45) is 0 Å². The Balaban J connectivity index is 2.55. The van der Waals surface area contributed by atoms with Gasteiger partial charge in [-0.3, -0.25) is 0 Å². The van der Waals surface area contributed by atoms with Crippen LogP contribution in [0.3, 0.4) is 0 Å². The Labute approximate surface area is 135 Å². The van der Waals surface area contributed by atoms with E-state index in [0.717, 1.165) is 11.3 Å². The third kappa shape index (κ3) is 3.93. The lowest BCUT2D eigenvalue weighted by atomic mass is 10.1. The second kappa shape index (κ2) is 7.38. The minimum Gasteiger partial charge on any atom is -0.868 e. The van der Waals surface area contributed by atoms with Crippen molar-refractivity contribution in [2.45, 2.75) is 13.8 Å². The lowest BCUT2D eigenvalue weighted by molar-refractivity contribution is -0.577. The van der Waals surface area contributed by atoms with Gasteiger partial charge >= 0.3 is 0 Å². The smallest absolute Gasteiger partial charge is 0.228 e. The molecule has 21 heavy (non-hydrogen) atoms. The molecular formula is C17H17NOS2. The van der Waals surface area contributed by atoms with Crippen molar-refractivity contribution in [3.63, 3.8) is 0 Å². The van der Waals surface area contributed by atoms with Gasteiger partial charge in [-0.1, -0.05) is 49.5 Å². The van der Waals surface area contributed by atoms with Crippen molar-refractivity contribution < 1.29 is 9.67 Å². The van der Waals surface area contributed by atoms with Crippen molar-refractivity contribution in [1.29, 1.82) is 0 Å². The maximum atomic E-state index is 12.8. The van der Waals surface area contributed by atoms with Gasteiger partial charge in [0.15, 0.2) is 12.4 Å². The topological polar surface area (TPSA) is 26.9 Å². The molecule has 1 aromatic heterocycles. The highest BCUT2D eigenvalue weighted by Gasteiger charge is 2.18. The molecule has 0 amide bonds. The SMILES string of the molecule is CCSC(=S)/C(=C(\[O-])c1ccccc1)[n+]1ccc(C)cc1. The number of thiocarbonyl (C=S) groups is 1. The Morgan fingerprint density at radius 1 is 1.14 bits per heavy atom. The Bertz CT molecular complexity index is 648. The number of nitrogens with zero attached hydrogens (tertiary/aromatic N) is 1. The number of pyridine rings is 1. The third-order valence-electron chi connectivity index (χ3n) is 2.97. The summed E-state index contributed by atoms with van der Waals surface area (Å²) in [6.45, 7) is 4.05. The molecule has 0 bridgehead atoms. The molecule has 2 rings (SSSR count). The van der Waals surface area contributed by atoms with E-state index in [1.54, 1.807) is 0 Å². The zero-order valence-electron chi connectivity index (χ0n) is 12.1. The van der Waals surface area contributed by atoms with Crippen LogP contribution in [-0.2, 0) is 0 Å². The molecule has 108 valence electrons. The first kappa shape index (κ1) is 15.7.